The van der Waals surface area contributed by atoms with Gasteiger partial charge in [-0.15, -0.1) is 0 Å². The maximum Gasteiger partial charge on any atom is 0.257 e. The Kier molecular flexibility index (Phi) is 4.17. The largest absolute Gasteiger partial charge is 0.332 e. The molecular formula is C14H17FN2O5S2. The molecule has 3 rings (SSSR count). The number of fused-ring (bicyclic) bond motifs is 1. The summed E-state index contributed by atoms with van der Waals surface area (Å²) in [5, 5.41) is 0. The highest BCUT2D eigenvalue weighted by molar-refractivity contribution is 7.92. The first-order valence-corrected chi connectivity index (χ1v) is 11.0. The molecule has 2 fully saturated rings. The molecule has 0 unspecified atom stereocenters. The molecule has 10 heteroatoms. The Labute approximate surface area is 140 Å². The van der Waals surface area contributed by atoms with E-state index in [9.17, 15) is 26.0 Å². The predicted octanol–water partition coefficient (Wildman–Crippen LogP) is -0.291. The van der Waals surface area contributed by atoms with Crippen LogP contribution in [0.2, 0.25) is 0 Å². The first-order valence-electron chi connectivity index (χ1n) is 7.33. The Bertz CT molecular complexity index is 884. The van der Waals surface area contributed by atoms with Gasteiger partial charge in [0.05, 0.1) is 35.4 Å². The monoisotopic (exact) mass is 376 g/mol. The van der Waals surface area contributed by atoms with Crippen LogP contribution in [0.3, 0.4) is 0 Å². The number of sulfone groups is 1. The second-order valence-electron chi connectivity index (χ2n) is 6.06. The Morgan fingerprint density at radius 3 is 2.42 bits per heavy atom. The van der Waals surface area contributed by atoms with Crippen LogP contribution in [0.1, 0.15) is 10.4 Å². The number of rotatable bonds is 2. The molecule has 0 saturated carbocycles. The van der Waals surface area contributed by atoms with E-state index < -0.39 is 43.7 Å². The smallest absolute Gasteiger partial charge is 0.257 e. The van der Waals surface area contributed by atoms with Crippen molar-refractivity contribution in [2.24, 2.45) is 0 Å². The second kappa shape index (κ2) is 5.78. The predicted molar refractivity (Wildman–Crippen MR) is 85.2 cm³/mol. The van der Waals surface area contributed by atoms with Gasteiger partial charge in [0.15, 0.2) is 9.84 Å². The highest BCUT2D eigenvalue weighted by atomic mass is 32.2. The number of benzene rings is 1. The number of carbonyl (C=O) groups is 1. The molecule has 0 N–H and O–H groups in total. The van der Waals surface area contributed by atoms with Crippen LogP contribution in [0.5, 0.6) is 0 Å². The van der Waals surface area contributed by atoms with Crippen molar-refractivity contribution in [2.75, 3.05) is 30.9 Å². The third kappa shape index (κ3) is 3.05. The molecular weight excluding hydrogens is 359 g/mol. The molecule has 2 heterocycles. The molecule has 24 heavy (non-hydrogen) atoms. The molecule has 2 saturated heterocycles. The summed E-state index contributed by atoms with van der Waals surface area (Å²) in [7, 11) is -7.07. The molecule has 2 aliphatic rings. The minimum Gasteiger partial charge on any atom is -0.332 e. The fraction of sp³-hybridized carbons (Fsp3) is 0.500. The van der Waals surface area contributed by atoms with Gasteiger partial charge in [-0.05, 0) is 12.1 Å². The van der Waals surface area contributed by atoms with E-state index in [1.54, 1.807) is 0 Å². The Morgan fingerprint density at radius 2 is 1.79 bits per heavy atom. The van der Waals surface area contributed by atoms with Gasteiger partial charge in [-0.2, -0.15) is 4.31 Å². The van der Waals surface area contributed by atoms with Crippen LogP contribution in [0.15, 0.2) is 24.3 Å². The van der Waals surface area contributed by atoms with Crippen LogP contribution < -0.4 is 0 Å². The molecule has 0 spiro atoms. The summed E-state index contributed by atoms with van der Waals surface area (Å²) < 4.78 is 62.8. The Morgan fingerprint density at radius 1 is 1.17 bits per heavy atom. The first kappa shape index (κ1) is 17.3. The van der Waals surface area contributed by atoms with Gasteiger partial charge in [-0.3, -0.25) is 4.79 Å². The summed E-state index contributed by atoms with van der Waals surface area (Å²) >= 11 is 0. The molecule has 1 aromatic rings. The van der Waals surface area contributed by atoms with Crippen molar-refractivity contribution in [3.05, 3.63) is 35.6 Å². The third-order valence-corrected chi connectivity index (χ3v) is 7.42. The van der Waals surface area contributed by atoms with E-state index in [1.165, 1.54) is 23.1 Å². The summed E-state index contributed by atoms with van der Waals surface area (Å²) in [6.45, 7) is 0.0205. The van der Waals surface area contributed by atoms with Crippen molar-refractivity contribution < 1.29 is 26.0 Å². The summed E-state index contributed by atoms with van der Waals surface area (Å²) in [4.78, 5) is 13.9. The number of sulfonamides is 1. The summed E-state index contributed by atoms with van der Waals surface area (Å²) in [5.41, 5.74) is -0.145. The van der Waals surface area contributed by atoms with Crippen LogP contribution in [-0.2, 0) is 19.9 Å². The quantitative estimate of drug-likeness (QED) is 0.707. The minimum absolute atomic E-state index is 0.00425. The van der Waals surface area contributed by atoms with Crippen molar-refractivity contribution in [3.8, 4) is 0 Å². The maximum atomic E-state index is 13.9. The van der Waals surface area contributed by atoms with Crippen molar-refractivity contribution >= 4 is 25.8 Å². The highest BCUT2D eigenvalue weighted by Crippen LogP contribution is 2.30. The normalized spacial score (nSPS) is 27.0. The van der Waals surface area contributed by atoms with Gasteiger partial charge in [0.25, 0.3) is 5.91 Å². The van der Waals surface area contributed by atoms with Crippen LogP contribution >= 0.6 is 0 Å². The van der Waals surface area contributed by atoms with E-state index in [1.807, 2.05) is 0 Å². The van der Waals surface area contributed by atoms with Gasteiger partial charge in [0.1, 0.15) is 5.82 Å². The lowest BCUT2D eigenvalue weighted by molar-refractivity contribution is 0.0512. The molecule has 0 bridgehead atoms. The number of hydrogen-bond donors (Lipinski definition) is 0. The molecule has 1 aromatic carbocycles. The van der Waals surface area contributed by atoms with E-state index in [2.05, 4.69) is 0 Å². The molecule has 0 aliphatic carbocycles. The van der Waals surface area contributed by atoms with Crippen LogP contribution in [-0.4, -0.2) is 74.9 Å². The van der Waals surface area contributed by atoms with Crippen molar-refractivity contribution in [2.45, 2.75) is 12.1 Å². The number of nitrogens with zero attached hydrogens (tertiary/aromatic N) is 2. The zero-order chi connectivity index (χ0) is 17.7. The topological polar surface area (TPSA) is 91.8 Å². The van der Waals surface area contributed by atoms with Gasteiger partial charge in [-0.1, -0.05) is 12.1 Å². The second-order valence-corrected chi connectivity index (χ2v) is 10.2. The molecule has 0 radical (unpaired) electrons. The number of piperazine rings is 1. The van der Waals surface area contributed by atoms with E-state index in [4.69, 9.17) is 0 Å². The average molecular weight is 376 g/mol. The Hall–Kier alpha value is -1.52. The molecule has 1 amide bonds. The molecule has 132 valence electrons. The van der Waals surface area contributed by atoms with Crippen molar-refractivity contribution in [1.82, 2.24) is 9.21 Å². The summed E-state index contributed by atoms with van der Waals surface area (Å²) in [6.07, 6.45) is 1.02. The molecule has 0 aromatic heterocycles. The van der Waals surface area contributed by atoms with Gasteiger partial charge in [0.2, 0.25) is 10.0 Å². The van der Waals surface area contributed by atoms with Crippen LogP contribution in [0, 0.1) is 5.82 Å². The average Bonchev–Trinajstić information content (AvgIpc) is 2.79. The lowest BCUT2D eigenvalue weighted by atomic mass is 10.1. The van der Waals surface area contributed by atoms with Crippen molar-refractivity contribution in [3.63, 3.8) is 0 Å². The van der Waals surface area contributed by atoms with E-state index >= 15 is 0 Å². The van der Waals surface area contributed by atoms with Gasteiger partial charge < -0.3 is 4.90 Å². The van der Waals surface area contributed by atoms with Gasteiger partial charge in [0, 0.05) is 13.1 Å². The summed E-state index contributed by atoms with van der Waals surface area (Å²) in [5.74, 6) is -1.95. The van der Waals surface area contributed by atoms with E-state index in [0.717, 1.165) is 16.6 Å². The number of carbonyl (C=O) groups excluding carboxylic acids is 1. The lowest BCUT2D eigenvalue weighted by Crippen LogP contribution is -2.61. The third-order valence-electron chi connectivity index (χ3n) is 4.42. The fourth-order valence-corrected chi connectivity index (χ4v) is 6.57. The van der Waals surface area contributed by atoms with Gasteiger partial charge >= 0.3 is 0 Å². The standard InChI is InChI=1S/C14H17FN2O5S2/c1-23(19,20)17-7-6-16(12-8-24(21,22)9-13(12)17)14(18)10-4-2-3-5-11(10)15/h2-5,12-13H,6-9H2,1H3/t12-,13+/m0/s1. The molecule has 2 aliphatic heterocycles. The minimum atomic E-state index is -3.60. The van der Waals surface area contributed by atoms with Crippen LogP contribution in [0.25, 0.3) is 0 Å². The zero-order valence-corrected chi connectivity index (χ0v) is 14.6. The zero-order valence-electron chi connectivity index (χ0n) is 12.9. The van der Waals surface area contributed by atoms with Crippen LogP contribution in [0.4, 0.5) is 4.39 Å². The number of hydrogen-bond acceptors (Lipinski definition) is 5. The fourth-order valence-electron chi connectivity index (χ4n) is 3.37. The first-order chi connectivity index (χ1) is 11.1. The molecule has 2 atom stereocenters. The van der Waals surface area contributed by atoms with Gasteiger partial charge in [-0.25, -0.2) is 21.2 Å². The maximum absolute atomic E-state index is 13.9. The molecule has 7 nitrogen and oxygen atoms in total. The summed E-state index contributed by atoms with van der Waals surface area (Å²) in [6, 6.07) is 3.84. The number of halogens is 1. The van der Waals surface area contributed by atoms with E-state index in [-0.39, 0.29) is 30.2 Å². The van der Waals surface area contributed by atoms with E-state index in [0.29, 0.717) is 0 Å². The number of amides is 1. The lowest BCUT2D eigenvalue weighted by Gasteiger charge is -2.42. The SMILES string of the molecule is CS(=O)(=O)N1CCN(C(=O)c2ccccc2F)[C@H]2CS(=O)(=O)C[C@H]21. The van der Waals surface area contributed by atoms with Crippen molar-refractivity contribution in [1.29, 1.82) is 0 Å². The highest BCUT2D eigenvalue weighted by Gasteiger charge is 2.50. The Balaban J connectivity index is 1.97.